The normalized spacial score (nSPS) is 15.1. The lowest BCUT2D eigenvalue weighted by Crippen LogP contribution is -2.37. The average Bonchev–Trinajstić information content (AvgIpc) is 3.52. The van der Waals surface area contributed by atoms with Crippen molar-refractivity contribution in [2.45, 2.75) is 45.4 Å². The Kier molecular flexibility index (Phi) is 9.96. The lowest BCUT2D eigenvalue weighted by Gasteiger charge is -2.32. The Bertz CT molecular complexity index is 1750. The van der Waals surface area contributed by atoms with Gasteiger partial charge < -0.3 is 15.0 Å². The molecule has 0 spiro atoms. The Morgan fingerprint density at radius 3 is 2.54 bits per heavy atom. The number of aromatic nitrogens is 3. The van der Waals surface area contributed by atoms with Gasteiger partial charge in [-0.25, -0.2) is 14.5 Å². The summed E-state index contributed by atoms with van der Waals surface area (Å²) in [7, 11) is 0. The highest BCUT2D eigenvalue weighted by Crippen LogP contribution is 2.33. The van der Waals surface area contributed by atoms with Crippen LogP contribution in [0.4, 0.5) is 23.7 Å². The van der Waals surface area contributed by atoms with Crippen LogP contribution in [-0.2, 0) is 0 Å². The van der Waals surface area contributed by atoms with Crippen LogP contribution in [-0.4, -0.2) is 51.2 Å². The average molecular weight is 648 g/mol. The Hall–Kier alpha value is -4.83. The molecule has 0 aliphatic carbocycles. The molecule has 1 saturated heterocycles. The molecular weight excluding hydrogens is 615 g/mol. The molecule has 3 aromatic carbocycles. The molecule has 9 nitrogen and oxygen atoms in total. The maximum atomic E-state index is 12.9. The Labute approximate surface area is 269 Å². The number of anilines is 1. The first-order valence-corrected chi connectivity index (χ1v) is 15.6. The number of carbonyl (C=O) groups excluding carboxylic acids is 1. The minimum absolute atomic E-state index is 0.0821. The minimum Gasteiger partial charge on any atom is -0.406 e. The van der Waals surface area contributed by atoms with Crippen molar-refractivity contribution in [2.24, 2.45) is 4.99 Å². The second-order valence-corrected chi connectivity index (χ2v) is 12.1. The van der Waals surface area contributed by atoms with Crippen LogP contribution in [0, 0.1) is 18.3 Å². The van der Waals surface area contributed by atoms with Crippen molar-refractivity contribution in [2.75, 3.05) is 23.7 Å². The zero-order valence-electron chi connectivity index (χ0n) is 25.5. The van der Waals surface area contributed by atoms with Crippen molar-refractivity contribution >= 4 is 28.6 Å². The van der Waals surface area contributed by atoms with Crippen molar-refractivity contribution in [1.82, 2.24) is 20.1 Å². The maximum Gasteiger partial charge on any atom is 0.573 e. The van der Waals surface area contributed by atoms with Gasteiger partial charge in [-0.05, 0) is 66.3 Å². The predicted octanol–water partition coefficient (Wildman–Crippen LogP) is 7.58. The van der Waals surface area contributed by atoms with E-state index in [0.717, 1.165) is 30.0 Å². The van der Waals surface area contributed by atoms with Crippen molar-refractivity contribution < 1.29 is 22.7 Å². The number of aliphatic imine (C=N–C) groups is 1. The number of amidine groups is 1. The number of aryl methyl sites for hydroxylation is 1. The summed E-state index contributed by atoms with van der Waals surface area (Å²) in [5.41, 5.74) is 5.29. The van der Waals surface area contributed by atoms with Crippen LogP contribution in [0.5, 0.6) is 5.75 Å². The summed E-state index contributed by atoms with van der Waals surface area (Å²) in [6, 6.07) is 20.5. The lowest BCUT2D eigenvalue weighted by molar-refractivity contribution is -0.274. The summed E-state index contributed by atoms with van der Waals surface area (Å²) in [6.07, 6.45) is -2.34. The number of carbonyl (C=O) groups is 1. The maximum absolute atomic E-state index is 12.9. The summed E-state index contributed by atoms with van der Waals surface area (Å²) < 4.78 is 42.7. The van der Waals surface area contributed by atoms with Crippen molar-refractivity contribution in [3.63, 3.8) is 0 Å². The minimum atomic E-state index is -4.77. The number of urea groups is 1. The van der Waals surface area contributed by atoms with Crippen LogP contribution in [0.15, 0.2) is 78.0 Å². The van der Waals surface area contributed by atoms with Crippen LogP contribution in [0.25, 0.3) is 17.1 Å². The summed E-state index contributed by atoms with van der Waals surface area (Å²) >= 11 is 1.55. The van der Waals surface area contributed by atoms with Gasteiger partial charge in [0, 0.05) is 30.1 Å². The fourth-order valence-corrected chi connectivity index (χ4v) is 5.94. The van der Waals surface area contributed by atoms with Crippen LogP contribution in [0.1, 0.15) is 48.8 Å². The molecule has 0 bridgehead atoms. The largest absolute Gasteiger partial charge is 0.573 e. The first-order valence-electron chi connectivity index (χ1n) is 14.7. The quantitative estimate of drug-likeness (QED) is 0.210. The number of benzene rings is 3. The van der Waals surface area contributed by atoms with Crippen molar-refractivity contribution in [1.29, 1.82) is 5.26 Å². The van der Waals surface area contributed by atoms with E-state index in [0.29, 0.717) is 33.7 Å². The molecule has 1 aliphatic rings. The van der Waals surface area contributed by atoms with Gasteiger partial charge in [-0.15, -0.1) is 18.3 Å². The molecule has 46 heavy (non-hydrogen) atoms. The van der Waals surface area contributed by atoms with E-state index in [2.05, 4.69) is 75.1 Å². The second-order valence-electron chi connectivity index (χ2n) is 11.0. The van der Waals surface area contributed by atoms with Crippen LogP contribution < -0.4 is 15.0 Å². The molecule has 0 radical (unpaired) electrons. The van der Waals surface area contributed by atoms with E-state index in [1.165, 1.54) is 40.8 Å². The number of halogens is 3. The highest BCUT2D eigenvalue weighted by atomic mass is 32.2. The smallest absolute Gasteiger partial charge is 0.406 e. The van der Waals surface area contributed by atoms with Gasteiger partial charge in [0.25, 0.3) is 0 Å². The van der Waals surface area contributed by atoms with Gasteiger partial charge in [-0.3, -0.25) is 0 Å². The fourth-order valence-electron chi connectivity index (χ4n) is 4.99. The standard InChI is InChI=1S/C33H32F3N7O2S/c1-21(2)28-14-5-22(3)17-29(28)42-15-4-16-46-32(42)40-31(44)38-19-25(18-37)23-6-8-24(9-7-23)30-39-20-43(41-30)26-10-12-27(13-11-26)45-33(34,35)36/h5-14,17,20-21,25H,4,15-16,19H2,1-3H3,(H,38,44)/b40-32-. The summed E-state index contributed by atoms with van der Waals surface area (Å²) in [5, 5.41) is 17.7. The molecule has 4 aromatic rings. The number of ether oxygens (including phenoxy) is 1. The zero-order valence-corrected chi connectivity index (χ0v) is 26.3. The summed E-state index contributed by atoms with van der Waals surface area (Å²) in [4.78, 5) is 23.7. The molecule has 5 rings (SSSR count). The third-order valence-electron chi connectivity index (χ3n) is 7.30. The Morgan fingerprint density at radius 2 is 1.87 bits per heavy atom. The molecule has 0 saturated carbocycles. The molecule has 1 aromatic heterocycles. The number of nitriles is 1. The van der Waals surface area contributed by atoms with Crippen molar-refractivity contribution in [3.8, 4) is 28.9 Å². The fraction of sp³-hybridized carbons (Fsp3) is 0.303. The summed E-state index contributed by atoms with van der Waals surface area (Å²) in [6.45, 7) is 7.20. The van der Waals surface area contributed by atoms with Gasteiger partial charge in [0.15, 0.2) is 11.0 Å². The van der Waals surface area contributed by atoms with Gasteiger partial charge >= 0.3 is 12.4 Å². The van der Waals surface area contributed by atoms with Crippen LogP contribution in [0.3, 0.4) is 0 Å². The number of rotatable bonds is 8. The van der Waals surface area contributed by atoms with Gasteiger partial charge in [-0.1, -0.05) is 62.0 Å². The third-order valence-corrected chi connectivity index (χ3v) is 8.36. The number of alkyl halides is 3. The first kappa shape index (κ1) is 32.6. The Balaban J connectivity index is 1.23. The third kappa shape index (κ3) is 8.06. The number of nitrogens with zero attached hydrogens (tertiary/aromatic N) is 6. The molecule has 1 N–H and O–H groups in total. The van der Waals surface area contributed by atoms with E-state index in [9.17, 15) is 23.2 Å². The highest BCUT2D eigenvalue weighted by Gasteiger charge is 2.31. The lowest BCUT2D eigenvalue weighted by atomic mass is 9.98. The van der Waals surface area contributed by atoms with Gasteiger partial charge in [0.2, 0.25) is 0 Å². The zero-order chi connectivity index (χ0) is 32.8. The summed E-state index contributed by atoms with van der Waals surface area (Å²) in [5.74, 6) is 0.633. The van der Waals surface area contributed by atoms with Crippen LogP contribution >= 0.6 is 11.8 Å². The Morgan fingerprint density at radius 1 is 1.13 bits per heavy atom. The van der Waals surface area contributed by atoms with Crippen LogP contribution in [0.2, 0.25) is 0 Å². The number of hydrogen-bond donors (Lipinski definition) is 1. The topological polar surface area (TPSA) is 108 Å². The molecule has 1 atom stereocenters. The molecule has 1 fully saturated rings. The van der Waals surface area contributed by atoms with E-state index in [4.69, 9.17) is 0 Å². The first-order chi connectivity index (χ1) is 22.0. The van der Waals surface area contributed by atoms with E-state index in [1.807, 2.05) is 0 Å². The van der Waals surface area contributed by atoms with Gasteiger partial charge in [0.05, 0.1) is 17.7 Å². The monoisotopic (exact) mass is 647 g/mol. The van der Waals surface area contributed by atoms with E-state index in [1.54, 1.807) is 36.0 Å². The van der Waals surface area contributed by atoms with E-state index in [-0.39, 0.29) is 12.3 Å². The van der Waals surface area contributed by atoms with Gasteiger partial charge in [-0.2, -0.15) is 10.3 Å². The molecule has 1 aliphatic heterocycles. The molecule has 238 valence electrons. The molecule has 2 heterocycles. The van der Waals surface area contributed by atoms with Crippen molar-refractivity contribution in [3.05, 3.63) is 89.7 Å². The molecule has 13 heteroatoms. The van der Waals surface area contributed by atoms with Gasteiger partial charge in [0.1, 0.15) is 12.1 Å². The number of nitrogens with one attached hydrogen (secondary N) is 1. The molecular formula is C33H32F3N7O2S. The molecule has 1 unspecified atom stereocenters. The molecule has 2 amide bonds. The highest BCUT2D eigenvalue weighted by molar-refractivity contribution is 8.14. The second kappa shape index (κ2) is 14.1. The predicted molar refractivity (Wildman–Crippen MR) is 172 cm³/mol. The van der Waals surface area contributed by atoms with E-state index < -0.39 is 18.3 Å². The van der Waals surface area contributed by atoms with E-state index >= 15 is 0 Å². The number of thioether (sulfide) groups is 1. The number of hydrogen-bond acceptors (Lipinski definition) is 6. The SMILES string of the molecule is Cc1ccc(C(C)C)c(N2CCCS/C2=N\C(=O)NCC(C#N)c2ccc(-c3ncn(-c4ccc(OC(F)(F)F)cc4)n3)cc2)c1. The number of amides is 2.